The summed E-state index contributed by atoms with van der Waals surface area (Å²) in [6.45, 7) is 8.15. The maximum absolute atomic E-state index is 14.2. The molecule has 168 valence electrons. The Labute approximate surface area is 190 Å². The molecule has 1 aromatic carbocycles. The molecule has 1 atom stereocenters. The van der Waals surface area contributed by atoms with Gasteiger partial charge in [0.05, 0.1) is 11.6 Å². The minimum atomic E-state index is -0.850. The van der Waals surface area contributed by atoms with Gasteiger partial charge in [-0.1, -0.05) is 20.8 Å². The number of thiophene rings is 1. The number of carbonyl (C=O) groups excluding carboxylic acids is 2. The number of hydrogen-bond acceptors (Lipinski definition) is 4. The fraction of sp³-hybridized carbons (Fsp3) is 0.360. The summed E-state index contributed by atoms with van der Waals surface area (Å²) in [5, 5.41) is 5.83. The normalized spacial score (nSPS) is 19.1. The molecule has 0 saturated heterocycles. The maximum Gasteiger partial charge on any atom is 0.254 e. The second-order valence-corrected chi connectivity index (χ2v) is 10.4. The molecule has 0 spiro atoms. The number of rotatable bonds is 3. The predicted octanol–water partition coefficient (Wildman–Crippen LogP) is 5.93. The van der Waals surface area contributed by atoms with Crippen LogP contribution in [0.1, 0.15) is 62.6 Å². The number of dihydropyridines is 1. The quantitative estimate of drug-likeness (QED) is 0.602. The molecule has 1 amide bonds. The molecule has 2 heterocycles. The molecule has 0 saturated carbocycles. The molecule has 4 nitrogen and oxygen atoms in total. The SMILES string of the molecule is CC1=C(C(=O)Nc2ccc(F)cc2F)C(c2ccc(C(C)(C)C)s2)C2=C(CCCC2=O)N1. The van der Waals surface area contributed by atoms with Crippen LogP contribution in [0.2, 0.25) is 0 Å². The first-order valence-corrected chi connectivity index (χ1v) is 11.5. The second-order valence-electron chi connectivity index (χ2n) is 9.30. The Morgan fingerprint density at radius 3 is 2.56 bits per heavy atom. The van der Waals surface area contributed by atoms with E-state index in [1.54, 1.807) is 18.3 Å². The third-order valence-corrected chi connectivity index (χ3v) is 7.43. The molecular formula is C25H26F2N2O2S. The van der Waals surface area contributed by atoms with Crippen LogP contribution >= 0.6 is 11.3 Å². The van der Waals surface area contributed by atoms with Gasteiger partial charge in [0.15, 0.2) is 5.78 Å². The van der Waals surface area contributed by atoms with E-state index in [9.17, 15) is 18.4 Å². The average Bonchev–Trinajstić information content (AvgIpc) is 3.19. The first kappa shape index (κ1) is 22.4. The Hall–Kier alpha value is -2.80. The van der Waals surface area contributed by atoms with E-state index in [0.717, 1.165) is 40.4 Å². The van der Waals surface area contributed by atoms with Crippen LogP contribution in [0.3, 0.4) is 0 Å². The number of benzene rings is 1. The fourth-order valence-corrected chi connectivity index (χ4v) is 5.45. The highest BCUT2D eigenvalue weighted by Gasteiger charge is 2.39. The Kier molecular flexibility index (Phi) is 5.79. The molecular weight excluding hydrogens is 430 g/mol. The number of hydrogen-bond donors (Lipinski definition) is 2. The van der Waals surface area contributed by atoms with Crippen LogP contribution in [0.25, 0.3) is 0 Å². The number of amides is 1. The van der Waals surface area contributed by atoms with E-state index >= 15 is 0 Å². The van der Waals surface area contributed by atoms with E-state index in [1.165, 1.54) is 6.07 Å². The summed E-state index contributed by atoms with van der Waals surface area (Å²) >= 11 is 1.59. The van der Waals surface area contributed by atoms with E-state index in [4.69, 9.17) is 0 Å². The van der Waals surface area contributed by atoms with Crippen LogP contribution in [-0.2, 0) is 15.0 Å². The third kappa shape index (κ3) is 4.13. The fourth-order valence-electron chi connectivity index (χ4n) is 4.26. The van der Waals surface area contributed by atoms with Crippen LogP contribution in [0, 0.1) is 11.6 Å². The van der Waals surface area contributed by atoms with Crippen molar-refractivity contribution in [3.05, 3.63) is 74.3 Å². The zero-order valence-corrected chi connectivity index (χ0v) is 19.4. The highest BCUT2D eigenvalue weighted by Crippen LogP contribution is 2.45. The van der Waals surface area contributed by atoms with Gasteiger partial charge in [-0.05, 0) is 49.4 Å². The van der Waals surface area contributed by atoms with E-state index in [1.807, 2.05) is 12.1 Å². The van der Waals surface area contributed by atoms with E-state index in [2.05, 4.69) is 31.4 Å². The molecule has 4 rings (SSSR count). The summed E-state index contributed by atoms with van der Waals surface area (Å²) < 4.78 is 27.5. The third-order valence-electron chi connectivity index (χ3n) is 5.85. The minimum Gasteiger partial charge on any atom is -0.362 e. The number of nitrogens with one attached hydrogen (secondary N) is 2. The van der Waals surface area contributed by atoms with Crippen LogP contribution in [0.4, 0.5) is 14.5 Å². The summed E-state index contributed by atoms with van der Waals surface area (Å²) in [6.07, 6.45) is 1.95. The molecule has 32 heavy (non-hydrogen) atoms. The lowest BCUT2D eigenvalue weighted by atomic mass is 9.77. The standard InChI is InChI=1S/C25H26F2N2O2S/c1-13-21(24(31)29-16-9-8-14(26)12-15(16)27)23(19-10-11-20(32-19)25(2,3)4)22-17(28-13)6-5-7-18(22)30/h8-12,23,28H,5-7H2,1-4H3,(H,29,31). The Balaban J connectivity index is 1.79. The van der Waals surface area contributed by atoms with Gasteiger partial charge in [0, 0.05) is 44.8 Å². The number of anilines is 1. The molecule has 2 N–H and O–H groups in total. The molecule has 0 bridgehead atoms. The van der Waals surface area contributed by atoms with Crippen molar-refractivity contribution in [2.24, 2.45) is 0 Å². The number of Topliss-reactive ketones (excluding diaryl/α,β-unsaturated/α-hetero) is 1. The van der Waals surface area contributed by atoms with Crippen molar-refractivity contribution in [3.63, 3.8) is 0 Å². The first-order chi connectivity index (χ1) is 15.1. The van der Waals surface area contributed by atoms with Crippen molar-refractivity contribution < 1.29 is 18.4 Å². The van der Waals surface area contributed by atoms with Gasteiger partial charge >= 0.3 is 0 Å². The van der Waals surface area contributed by atoms with Crippen molar-refractivity contribution in [2.75, 3.05) is 5.32 Å². The predicted molar refractivity (Wildman–Crippen MR) is 122 cm³/mol. The van der Waals surface area contributed by atoms with Gasteiger partial charge in [-0.15, -0.1) is 11.3 Å². The summed E-state index contributed by atoms with van der Waals surface area (Å²) in [7, 11) is 0. The number of allylic oxidation sites excluding steroid dienone is 3. The summed E-state index contributed by atoms with van der Waals surface area (Å²) in [5.74, 6) is -2.58. The molecule has 0 fully saturated rings. The molecule has 7 heteroatoms. The van der Waals surface area contributed by atoms with Gasteiger partial charge in [-0.3, -0.25) is 9.59 Å². The lowest BCUT2D eigenvalue weighted by Crippen LogP contribution is -2.35. The molecule has 1 unspecified atom stereocenters. The summed E-state index contributed by atoms with van der Waals surface area (Å²) in [6, 6.07) is 7.04. The van der Waals surface area contributed by atoms with Crippen LogP contribution < -0.4 is 10.6 Å². The topological polar surface area (TPSA) is 58.2 Å². The Morgan fingerprint density at radius 2 is 1.91 bits per heavy atom. The van der Waals surface area contributed by atoms with Crippen molar-refractivity contribution in [1.82, 2.24) is 5.32 Å². The van der Waals surface area contributed by atoms with E-state index < -0.39 is 23.5 Å². The minimum absolute atomic E-state index is 0.0280. The van der Waals surface area contributed by atoms with Gasteiger partial charge in [-0.2, -0.15) is 0 Å². The molecule has 2 aromatic rings. The van der Waals surface area contributed by atoms with Gasteiger partial charge in [0.1, 0.15) is 11.6 Å². The smallest absolute Gasteiger partial charge is 0.254 e. The number of carbonyl (C=O) groups is 2. The number of halogens is 2. The van der Waals surface area contributed by atoms with Crippen molar-refractivity contribution in [1.29, 1.82) is 0 Å². The van der Waals surface area contributed by atoms with Gasteiger partial charge < -0.3 is 10.6 Å². The zero-order chi connectivity index (χ0) is 23.2. The maximum atomic E-state index is 14.2. The van der Waals surface area contributed by atoms with E-state index in [0.29, 0.717) is 23.3 Å². The molecule has 1 aliphatic carbocycles. The Morgan fingerprint density at radius 1 is 1.16 bits per heavy atom. The Bertz CT molecular complexity index is 1170. The lowest BCUT2D eigenvalue weighted by Gasteiger charge is -2.34. The van der Waals surface area contributed by atoms with Gasteiger partial charge in [-0.25, -0.2) is 8.78 Å². The van der Waals surface area contributed by atoms with Gasteiger partial charge in [0.2, 0.25) is 0 Å². The molecule has 1 aliphatic heterocycles. The van der Waals surface area contributed by atoms with Crippen LogP contribution in [-0.4, -0.2) is 11.7 Å². The highest BCUT2D eigenvalue weighted by molar-refractivity contribution is 7.12. The zero-order valence-electron chi connectivity index (χ0n) is 18.6. The number of ketones is 1. The van der Waals surface area contributed by atoms with Gasteiger partial charge in [0.25, 0.3) is 5.91 Å². The molecule has 0 radical (unpaired) electrons. The first-order valence-electron chi connectivity index (χ1n) is 10.7. The summed E-state index contributed by atoms with van der Waals surface area (Å²) in [4.78, 5) is 28.4. The monoisotopic (exact) mass is 456 g/mol. The van der Waals surface area contributed by atoms with Crippen molar-refractivity contribution >= 4 is 28.7 Å². The van der Waals surface area contributed by atoms with Crippen molar-refractivity contribution in [2.45, 2.75) is 58.3 Å². The van der Waals surface area contributed by atoms with Crippen molar-refractivity contribution in [3.8, 4) is 0 Å². The summed E-state index contributed by atoms with van der Waals surface area (Å²) in [5.41, 5.74) is 2.32. The highest BCUT2D eigenvalue weighted by atomic mass is 32.1. The molecule has 1 aromatic heterocycles. The van der Waals surface area contributed by atoms with E-state index in [-0.39, 0.29) is 16.9 Å². The van der Waals surface area contributed by atoms with Crippen LogP contribution in [0.5, 0.6) is 0 Å². The van der Waals surface area contributed by atoms with Crippen LogP contribution in [0.15, 0.2) is 52.9 Å². The average molecular weight is 457 g/mol. The lowest BCUT2D eigenvalue weighted by molar-refractivity contribution is -0.116. The molecule has 2 aliphatic rings. The second kappa shape index (κ2) is 8.28. The largest absolute Gasteiger partial charge is 0.362 e.